The Morgan fingerprint density at radius 2 is 1.95 bits per heavy atom. The number of halogens is 3. The molecule has 1 aromatic rings. The molecule has 0 N–H and O–H groups in total. The van der Waals surface area contributed by atoms with Crippen LogP contribution >= 0.6 is 0 Å². The lowest BCUT2D eigenvalue weighted by Gasteiger charge is -2.19. The summed E-state index contributed by atoms with van der Waals surface area (Å²) in [5, 5.41) is 0. The molecule has 0 radical (unpaired) electrons. The normalized spacial score (nSPS) is 13.9. The Hall–Kier alpha value is -1.73. The highest BCUT2D eigenvalue weighted by Gasteiger charge is 2.24. The van der Waals surface area contributed by atoms with Crippen molar-refractivity contribution in [3.8, 4) is 11.8 Å². The molecule has 0 saturated heterocycles. The zero-order valence-corrected chi connectivity index (χ0v) is 12.0. The van der Waals surface area contributed by atoms with E-state index in [0.717, 1.165) is 12.0 Å². The first-order chi connectivity index (χ1) is 9.96. The van der Waals surface area contributed by atoms with E-state index in [1.54, 1.807) is 0 Å². The summed E-state index contributed by atoms with van der Waals surface area (Å²) in [7, 11) is 0. The lowest BCUT2D eigenvalue weighted by atomic mass is 9.91. The highest BCUT2D eigenvalue weighted by atomic mass is 19.4. The summed E-state index contributed by atoms with van der Waals surface area (Å²) in [6, 6.07) is 9.68. The molecule has 0 heterocycles. The second-order valence-corrected chi connectivity index (χ2v) is 4.63. The van der Waals surface area contributed by atoms with Crippen LogP contribution in [0.2, 0.25) is 0 Å². The molecule has 0 saturated carbocycles. The van der Waals surface area contributed by atoms with Crippen molar-refractivity contribution in [1.82, 2.24) is 0 Å². The third-order valence-electron chi connectivity index (χ3n) is 3.05. The summed E-state index contributed by atoms with van der Waals surface area (Å²) in [5.41, 5.74) is 1.08. The van der Waals surface area contributed by atoms with E-state index in [-0.39, 0.29) is 12.5 Å². The summed E-state index contributed by atoms with van der Waals surface area (Å²) in [4.78, 5) is 0. The Balaban J connectivity index is 2.82. The van der Waals surface area contributed by atoms with Crippen LogP contribution < -0.4 is 0 Å². The van der Waals surface area contributed by atoms with Crippen molar-refractivity contribution in [1.29, 1.82) is 0 Å². The van der Waals surface area contributed by atoms with Crippen molar-refractivity contribution in [3.63, 3.8) is 0 Å². The van der Waals surface area contributed by atoms with E-state index < -0.39 is 12.3 Å². The van der Waals surface area contributed by atoms with Crippen LogP contribution in [0.5, 0.6) is 0 Å². The van der Waals surface area contributed by atoms with Crippen LogP contribution in [0, 0.1) is 11.8 Å². The predicted octanol–water partition coefficient (Wildman–Crippen LogP) is 4.71. The van der Waals surface area contributed by atoms with Crippen molar-refractivity contribution >= 4 is 0 Å². The summed E-state index contributed by atoms with van der Waals surface area (Å²) >= 11 is 0. The molecule has 1 nitrogen and oxygen atoms in total. The highest BCUT2D eigenvalue weighted by Crippen LogP contribution is 2.25. The van der Waals surface area contributed by atoms with Gasteiger partial charge in [0.1, 0.15) is 6.10 Å². The molecule has 2 unspecified atom stereocenters. The Morgan fingerprint density at radius 3 is 2.48 bits per heavy atom. The second-order valence-electron chi connectivity index (χ2n) is 4.63. The average molecular weight is 296 g/mol. The largest absolute Gasteiger partial charge is 0.457 e. The lowest BCUT2D eigenvalue weighted by Crippen LogP contribution is -2.16. The van der Waals surface area contributed by atoms with Gasteiger partial charge in [-0.05, 0) is 24.3 Å². The number of hydrogen-bond donors (Lipinski definition) is 0. The molecule has 21 heavy (non-hydrogen) atoms. The lowest BCUT2D eigenvalue weighted by molar-refractivity contribution is -0.0701. The minimum atomic E-state index is -4.50. The molecule has 0 fully saturated rings. The first-order valence-corrected chi connectivity index (χ1v) is 6.83. The van der Waals surface area contributed by atoms with Gasteiger partial charge in [-0.15, -0.1) is 6.58 Å². The van der Waals surface area contributed by atoms with Gasteiger partial charge in [0.05, 0.1) is 6.61 Å². The maximum Gasteiger partial charge on any atom is 0.457 e. The highest BCUT2D eigenvalue weighted by molar-refractivity contribution is 5.21. The van der Waals surface area contributed by atoms with Crippen molar-refractivity contribution in [3.05, 3.63) is 48.6 Å². The van der Waals surface area contributed by atoms with Gasteiger partial charge < -0.3 is 4.74 Å². The molecule has 0 amide bonds. The van der Waals surface area contributed by atoms with Gasteiger partial charge in [-0.2, -0.15) is 13.2 Å². The standard InChI is InChI=1S/C17H19F3O/c1-3-12-21-16(10-11-17(18,19)20)13-14(4-2)15-8-6-5-7-9-15/h3,5-9,14,16H,1,4,12-13H2,2H3. The van der Waals surface area contributed by atoms with Gasteiger partial charge in [-0.25, -0.2) is 0 Å². The number of rotatable bonds is 7. The van der Waals surface area contributed by atoms with Gasteiger partial charge in [0.25, 0.3) is 0 Å². The number of benzene rings is 1. The van der Waals surface area contributed by atoms with Gasteiger partial charge >= 0.3 is 6.18 Å². The Bertz CT molecular complexity index is 482. The van der Waals surface area contributed by atoms with E-state index in [1.807, 2.05) is 37.3 Å². The van der Waals surface area contributed by atoms with E-state index in [1.165, 1.54) is 12.0 Å². The SMILES string of the molecule is C=CCOC(C#CC(F)(F)F)CC(CC)c1ccccc1. The molecule has 1 aromatic carbocycles. The Kier molecular flexibility index (Phi) is 7.04. The van der Waals surface area contributed by atoms with Gasteiger partial charge in [-0.3, -0.25) is 0 Å². The van der Waals surface area contributed by atoms with Crippen LogP contribution in [-0.2, 0) is 4.74 Å². The van der Waals surface area contributed by atoms with Crippen LogP contribution in [0.1, 0.15) is 31.2 Å². The van der Waals surface area contributed by atoms with E-state index in [2.05, 4.69) is 12.5 Å². The molecule has 0 spiro atoms. The van der Waals surface area contributed by atoms with Gasteiger partial charge in [0.15, 0.2) is 0 Å². The number of ether oxygens (including phenoxy) is 1. The first kappa shape index (κ1) is 17.3. The van der Waals surface area contributed by atoms with E-state index in [4.69, 9.17) is 4.74 Å². The molecule has 4 heteroatoms. The van der Waals surface area contributed by atoms with Crippen molar-refractivity contribution in [2.24, 2.45) is 0 Å². The first-order valence-electron chi connectivity index (χ1n) is 6.83. The maximum atomic E-state index is 12.2. The van der Waals surface area contributed by atoms with E-state index in [0.29, 0.717) is 6.42 Å². The van der Waals surface area contributed by atoms with Gasteiger partial charge in [0.2, 0.25) is 0 Å². The maximum absolute atomic E-state index is 12.2. The molecule has 0 bridgehead atoms. The van der Waals surface area contributed by atoms with Gasteiger partial charge in [-0.1, -0.05) is 49.3 Å². The smallest absolute Gasteiger partial charge is 0.361 e. The summed E-state index contributed by atoms with van der Waals surface area (Å²) in [6.07, 6.45) is -2.51. The molecule has 0 aliphatic carbocycles. The molecule has 0 aliphatic rings. The summed E-state index contributed by atoms with van der Waals surface area (Å²) in [6.45, 7) is 5.69. The second kappa shape index (κ2) is 8.53. The Morgan fingerprint density at radius 1 is 1.29 bits per heavy atom. The average Bonchev–Trinajstić information content (AvgIpc) is 2.46. The fourth-order valence-corrected chi connectivity index (χ4v) is 2.04. The van der Waals surface area contributed by atoms with E-state index >= 15 is 0 Å². The minimum absolute atomic E-state index is 0.114. The quantitative estimate of drug-likeness (QED) is 0.523. The monoisotopic (exact) mass is 296 g/mol. The van der Waals surface area contributed by atoms with Crippen LogP contribution in [-0.4, -0.2) is 18.9 Å². The number of hydrogen-bond acceptors (Lipinski definition) is 1. The third kappa shape index (κ3) is 7.01. The minimum Gasteiger partial charge on any atom is -0.361 e. The predicted molar refractivity (Wildman–Crippen MR) is 77.9 cm³/mol. The topological polar surface area (TPSA) is 9.23 Å². The zero-order chi connectivity index (χ0) is 15.7. The van der Waals surface area contributed by atoms with Crippen molar-refractivity contribution in [2.75, 3.05) is 6.61 Å². The number of alkyl halides is 3. The van der Waals surface area contributed by atoms with Crippen LogP contribution in [0.25, 0.3) is 0 Å². The van der Waals surface area contributed by atoms with Crippen LogP contribution in [0.3, 0.4) is 0 Å². The van der Waals surface area contributed by atoms with Crippen LogP contribution in [0.15, 0.2) is 43.0 Å². The molecule has 1 rings (SSSR count). The summed E-state index contributed by atoms with van der Waals surface area (Å²) in [5.74, 6) is 3.60. The van der Waals surface area contributed by atoms with Crippen LogP contribution in [0.4, 0.5) is 13.2 Å². The fourth-order valence-electron chi connectivity index (χ4n) is 2.04. The van der Waals surface area contributed by atoms with Crippen molar-refractivity contribution < 1.29 is 17.9 Å². The van der Waals surface area contributed by atoms with Gasteiger partial charge in [0, 0.05) is 5.92 Å². The molecule has 114 valence electrons. The Labute approximate surface area is 123 Å². The van der Waals surface area contributed by atoms with E-state index in [9.17, 15) is 13.2 Å². The van der Waals surface area contributed by atoms with Crippen molar-refractivity contribution in [2.45, 2.75) is 38.0 Å². The fraction of sp³-hybridized carbons (Fsp3) is 0.412. The molecular weight excluding hydrogens is 277 g/mol. The molecule has 0 aromatic heterocycles. The molecule has 0 aliphatic heterocycles. The molecule has 2 atom stereocenters. The third-order valence-corrected chi connectivity index (χ3v) is 3.05. The molecular formula is C17H19F3O. The summed E-state index contributed by atoms with van der Waals surface area (Å²) < 4.78 is 42.0. The zero-order valence-electron chi connectivity index (χ0n) is 12.0.